The second kappa shape index (κ2) is 8.19. The Morgan fingerprint density at radius 3 is 2.48 bits per heavy atom. The number of azo groups is 1. The van der Waals surface area contributed by atoms with Gasteiger partial charge in [-0.05, 0) is 42.0 Å². The molecule has 1 heterocycles. The number of nitrogens with zero attached hydrogens (tertiary/aromatic N) is 4. The first-order valence-corrected chi connectivity index (χ1v) is 7.99. The molecule has 3 rings (SSSR count). The molecule has 1 aromatic heterocycles. The van der Waals surface area contributed by atoms with Crippen molar-refractivity contribution in [3.8, 4) is 11.3 Å². The largest absolute Gasteiger partial charge is 0.444 e. The van der Waals surface area contributed by atoms with Crippen LogP contribution in [0.1, 0.15) is 5.56 Å². The van der Waals surface area contributed by atoms with Gasteiger partial charge < -0.3 is 9.32 Å². The van der Waals surface area contributed by atoms with E-state index in [1.54, 1.807) is 6.20 Å². The summed E-state index contributed by atoms with van der Waals surface area (Å²) < 4.78 is 17.6. The van der Waals surface area contributed by atoms with Crippen LogP contribution in [0.3, 0.4) is 0 Å². The zero-order valence-corrected chi connectivity index (χ0v) is 14.0. The molecule has 3 aromatic rings. The van der Waals surface area contributed by atoms with Gasteiger partial charge in [-0.3, -0.25) is 0 Å². The molecule has 128 valence electrons. The number of benzene rings is 2. The number of hydrogen-bond acceptors (Lipinski definition) is 5. The van der Waals surface area contributed by atoms with Crippen LogP contribution in [0.15, 0.2) is 75.8 Å². The van der Waals surface area contributed by atoms with Gasteiger partial charge in [0.05, 0.1) is 18.4 Å². The van der Waals surface area contributed by atoms with E-state index in [0.29, 0.717) is 13.1 Å². The Balaban J connectivity index is 1.57. The van der Waals surface area contributed by atoms with Gasteiger partial charge in [0, 0.05) is 24.8 Å². The van der Waals surface area contributed by atoms with E-state index < -0.39 is 0 Å². The second-order valence-electron chi connectivity index (χ2n) is 5.59. The first-order valence-electron chi connectivity index (χ1n) is 7.99. The number of halogens is 1. The highest BCUT2D eigenvalue weighted by molar-refractivity contribution is 5.59. The SMILES string of the molecule is CN(CCF)c1ccc(CN=Nc2ccc(-c3cnco3)cc2)cc1. The van der Waals surface area contributed by atoms with Crippen molar-refractivity contribution in [3.63, 3.8) is 0 Å². The standard InChI is InChI=1S/C19H19FN4O/c1-24(11-10-20)18-8-2-15(3-9-18)12-22-23-17-6-4-16(5-7-17)19-13-21-14-25-19/h2-9,13-14H,10-12H2,1H3. The molecule has 0 bridgehead atoms. The van der Waals surface area contributed by atoms with E-state index in [2.05, 4.69) is 15.2 Å². The fourth-order valence-corrected chi connectivity index (χ4v) is 2.36. The highest BCUT2D eigenvalue weighted by Gasteiger charge is 2.01. The lowest BCUT2D eigenvalue weighted by molar-refractivity contribution is 0.497. The molecular formula is C19H19FN4O. The summed E-state index contributed by atoms with van der Waals surface area (Å²) >= 11 is 0. The zero-order valence-electron chi connectivity index (χ0n) is 14.0. The van der Waals surface area contributed by atoms with Gasteiger partial charge in [-0.2, -0.15) is 10.2 Å². The van der Waals surface area contributed by atoms with Gasteiger partial charge >= 0.3 is 0 Å². The van der Waals surface area contributed by atoms with Crippen LogP contribution in [0.4, 0.5) is 15.8 Å². The lowest BCUT2D eigenvalue weighted by Gasteiger charge is -2.17. The van der Waals surface area contributed by atoms with E-state index in [4.69, 9.17) is 4.42 Å². The Bertz CT molecular complexity index is 798. The van der Waals surface area contributed by atoms with Crippen LogP contribution >= 0.6 is 0 Å². The maximum absolute atomic E-state index is 12.4. The summed E-state index contributed by atoms with van der Waals surface area (Å²) in [6.45, 7) is 0.530. The van der Waals surface area contributed by atoms with Gasteiger partial charge in [0.2, 0.25) is 0 Å². The van der Waals surface area contributed by atoms with Gasteiger partial charge in [0.15, 0.2) is 12.2 Å². The number of alkyl halides is 1. The third-order valence-corrected chi connectivity index (χ3v) is 3.82. The topological polar surface area (TPSA) is 54.0 Å². The highest BCUT2D eigenvalue weighted by Crippen LogP contribution is 2.22. The molecular weight excluding hydrogens is 319 g/mol. The van der Waals surface area contributed by atoms with Crippen LogP contribution in [0.5, 0.6) is 0 Å². The molecule has 5 nitrogen and oxygen atoms in total. The molecule has 6 heteroatoms. The fraction of sp³-hybridized carbons (Fsp3) is 0.211. The van der Waals surface area contributed by atoms with Gasteiger partial charge in [-0.25, -0.2) is 9.37 Å². The molecule has 25 heavy (non-hydrogen) atoms. The molecule has 0 aliphatic rings. The zero-order chi connectivity index (χ0) is 17.5. The van der Waals surface area contributed by atoms with Crippen LogP contribution in [0.2, 0.25) is 0 Å². The van der Waals surface area contributed by atoms with Gasteiger partial charge in [-0.1, -0.05) is 12.1 Å². The highest BCUT2D eigenvalue weighted by atomic mass is 19.1. The summed E-state index contributed by atoms with van der Waals surface area (Å²) in [6, 6.07) is 15.5. The van der Waals surface area contributed by atoms with Crippen LogP contribution in [0.25, 0.3) is 11.3 Å². The number of oxazole rings is 1. The summed E-state index contributed by atoms with van der Waals surface area (Å²) in [4.78, 5) is 5.78. The predicted molar refractivity (Wildman–Crippen MR) is 95.8 cm³/mol. The van der Waals surface area contributed by atoms with Crippen LogP contribution in [0, 0.1) is 0 Å². The molecule has 0 fully saturated rings. The molecule has 0 N–H and O–H groups in total. The normalized spacial score (nSPS) is 11.1. The van der Waals surface area contributed by atoms with Crippen molar-refractivity contribution in [2.45, 2.75) is 6.54 Å². The summed E-state index contributed by atoms with van der Waals surface area (Å²) in [5, 5.41) is 8.46. The maximum atomic E-state index is 12.4. The van der Waals surface area contributed by atoms with Crippen LogP contribution in [-0.2, 0) is 6.54 Å². The van der Waals surface area contributed by atoms with Crippen molar-refractivity contribution in [1.29, 1.82) is 0 Å². The Morgan fingerprint density at radius 2 is 1.84 bits per heavy atom. The van der Waals surface area contributed by atoms with Crippen LogP contribution < -0.4 is 4.90 Å². The lowest BCUT2D eigenvalue weighted by atomic mass is 10.2. The second-order valence-corrected chi connectivity index (χ2v) is 5.59. The van der Waals surface area contributed by atoms with E-state index in [-0.39, 0.29) is 6.67 Å². The molecule has 0 radical (unpaired) electrons. The Kier molecular flexibility index (Phi) is 5.51. The number of rotatable bonds is 7. The van der Waals surface area contributed by atoms with E-state index >= 15 is 0 Å². The third kappa shape index (κ3) is 4.50. The van der Waals surface area contributed by atoms with Crippen molar-refractivity contribution >= 4 is 11.4 Å². The third-order valence-electron chi connectivity index (χ3n) is 3.82. The van der Waals surface area contributed by atoms with Crippen molar-refractivity contribution in [3.05, 3.63) is 66.7 Å². The number of anilines is 1. The average molecular weight is 338 g/mol. The van der Waals surface area contributed by atoms with E-state index in [1.165, 1.54) is 6.39 Å². The quantitative estimate of drug-likeness (QED) is 0.568. The molecule has 0 aliphatic heterocycles. The molecule has 0 saturated heterocycles. The predicted octanol–water partition coefficient (Wildman–Crippen LogP) is 5.03. The van der Waals surface area contributed by atoms with Crippen LogP contribution in [-0.4, -0.2) is 25.3 Å². The summed E-state index contributed by atoms with van der Waals surface area (Å²) in [5.74, 6) is 0.723. The van der Waals surface area contributed by atoms with Gasteiger partial charge in [0.1, 0.15) is 6.67 Å². The first-order chi connectivity index (χ1) is 12.3. The monoisotopic (exact) mass is 338 g/mol. The summed E-state index contributed by atoms with van der Waals surface area (Å²) in [5.41, 5.74) is 3.77. The first kappa shape index (κ1) is 16.8. The van der Waals surface area contributed by atoms with E-state index in [0.717, 1.165) is 28.3 Å². The van der Waals surface area contributed by atoms with Crippen molar-refractivity contribution in [2.24, 2.45) is 10.2 Å². The van der Waals surface area contributed by atoms with Crippen molar-refractivity contribution in [1.82, 2.24) is 4.98 Å². The molecule has 0 spiro atoms. The molecule has 0 atom stereocenters. The lowest BCUT2D eigenvalue weighted by Crippen LogP contribution is -2.19. The van der Waals surface area contributed by atoms with E-state index in [1.807, 2.05) is 60.5 Å². The average Bonchev–Trinajstić information content (AvgIpc) is 3.18. The molecule has 0 saturated carbocycles. The molecule has 0 aliphatic carbocycles. The smallest absolute Gasteiger partial charge is 0.181 e. The van der Waals surface area contributed by atoms with Gasteiger partial charge in [0.25, 0.3) is 0 Å². The molecule has 0 amide bonds. The number of aromatic nitrogens is 1. The van der Waals surface area contributed by atoms with E-state index in [9.17, 15) is 4.39 Å². The van der Waals surface area contributed by atoms with Gasteiger partial charge in [-0.15, -0.1) is 0 Å². The van der Waals surface area contributed by atoms with Crippen molar-refractivity contribution < 1.29 is 8.81 Å². The minimum Gasteiger partial charge on any atom is -0.444 e. The Labute approximate surface area is 145 Å². The van der Waals surface area contributed by atoms with Crippen molar-refractivity contribution in [2.75, 3.05) is 25.2 Å². The number of hydrogen-bond donors (Lipinski definition) is 0. The minimum atomic E-state index is -0.359. The molecule has 2 aromatic carbocycles. The minimum absolute atomic E-state index is 0.359. The Morgan fingerprint density at radius 1 is 1.08 bits per heavy atom. The Hall–Kier alpha value is -3.02. The maximum Gasteiger partial charge on any atom is 0.181 e. The summed E-state index contributed by atoms with van der Waals surface area (Å²) in [6.07, 6.45) is 3.08. The summed E-state index contributed by atoms with van der Waals surface area (Å²) in [7, 11) is 1.87. The fourth-order valence-electron chi connectivity index (χ4n) is 2.36. The molecule has 0 unspecified atom stereocenters.